The summed E-state index contributed by atoms with van der Waals surface area (Å²) in [5.41, 5.74) is 5.40. The Labute approximate surface area is 81.5 Å². The van der Waals surface area contributed by atoms with Gasteiger partial charge in [-0.05, 0) is 12.1 Å². The average Bonchev–Trinajstić information content (AvgIpc) is 2.57. The number of nitrogens with two attached hydrogens (primary N) is 1. The van der Waals surface area contributed by atoms with Crippen molar-refractivity contribution >= 4 is 5.82 Å². The lowest BCUT2D eigenvalue weighted by molar-refractivity contribution is -0.115. The van der Waals surface area contributed by atoms with E-state index >= 15 is 0 Å². The normalized spacial score (nSPS) is 24.6. The smallest absolute Gasteiger partial charge is 0.252 e. The van der Waals surface area contributed by atoms with Gasteiger partial charge in [-0.3, -0.25) is 0 Å². The van der Waals surface area contributed by atoms with Crippen molar-refractivity contribution in [1.29, 1.82) is 0 Å². The topological polar surface area (TPSA) is 70.3 Å². The predicted molar refractivity (Wildman–Crippen MR) is 50.3 cm³/mol. The van der Waals surface area contributed by atoms with Crippen LogP contribution in [0, 0.1) is 0 Å². The second-order valence-corrected chi connectivity index (χ2v) is 3.23. The number of ether oxygens (including phenoxy) is 2. The maximum absolute atomic E-state index is 5.50. The lowest BCUT2D eigenvalue weighted by atomic mass is 10.2. The Kier molecular flexibility index (Phi) is 1.99. The minimum Gasteiger partial charge on any atom is -0.460 e. The fourth-order valence-corrected chi connectivity index (χ4v) is 1.17. The molecular weight excluding hydrogens is 182 g/mol. The Balaban J connectivity index is 2.07. The first-order valence-electron chi connectivity index (χ1n) is 4.29. The second-order valence-electron chi connectivity index (χ2n) is 3.23. The predicted octanol–water partition coefficient (Wildman–Crippen LogP) is 1.09. The van der Waals surface area contributed by atoms with Crippen LogP contribution in [0.1, 0.15) is 13.3 Å². The van der Waals surface area contributed by atoms with Crippen LogP contribution in [0.15, 0.2) is 24.5 Å². The van der Waals surface area contributed by atoms with Crippen LogP contribution in [-0.2, 0) is 4.74 Å². The Morgan fingerprint density at radius 3 is 2.93 bits per heavy atom. The lowest BCUT2D eigenvalue weighted by Gasteiger charge is -2.23. The monoisotopic (exact) mass is 193 g/mol. The average molecular weight is 193 g/mol. The number of aromatic nitrogens is 2. The van der Waals surface area contributed by atoms with Crippen LogP contribution in [0.5, 0.6) is 5.88 Å². The summed E-state index contributed by atoms with van der Waals surface area (Å²) >= 11 is 0. The zero-order valence-corrected chi connectivity index (χ0v) is 7.80. The van der Waals surface area contributed by atoms with E-state index in [1.807, 2.05) is 13.0 Å². The van der Waals surface area contributed by atoms with Gasteiger partial charge >= 0.3 is 0 Å². The SMILES string of the molecule is CC1(Oc2ccc(N)nn2)CC=CO1. The molecule has 2 heterocycles. The molecule has 0 amide bonds. The first-order valence-corrected chi connectivity index (χ1v) is 4.29. The fourth-order valence-electron chi connectivity index (χ4n) is 1.17. The van der Waals surface area contributed by atoms with Gasteiger partial charge in [0.2, 0.25) is 5.88 Å². The molecule has 0 aliphatic carbocycles. The van der Waals surface area contributed by atoms with Crippen molar-refractivity contribution in [2.24, 2.45) is 0 Å². The standard InChI is InChI=1S/C9H11N3O2/c1-9(5-2-6-13-9)14-8-4-3-7(10)11-12-8/h2-4,6H,5H2,1H3,(H2,10,11). The molecule has 1 atom stereocenters. The van der Waals surface area contributed by atoms with Crippen molar-refractivity contribution in [3.05, 3.63) is 24.5 Å². The summed E-state index contributed by atoms with van der Waals surface area (Å²) in [5, 5.41) is 7.46. The number of anilines is 1. The number of hydrogen-bond donors (Lipinski definition) is 1. The molecule has 1 aliphatic heterocycles. The van der Waals surface area contributed by atoms with Gasteiger partial charge < -0.3 is 15.2 Å². The molecule has 5 nitrogen and oxygen atoms in total. The van der Waals surface area contributed by atoms with Crippen LogP contribution >= 0.6 is 0 Å². The van der Waals surface area contributed by atoms with Crippen LogP contribution in [0.4, 0.5) is 5.82 Å². The van der Waals surface area contributed by atoms with Gasteiger partial charge in [0.25, 0.3) is 5.79 Å². The molecular formula is C9H11N3O2. The summed E-state index contributed by atoms with van der Waals surface area (Å²) in [6.07, 6.45) is 4.20. The van der Waals surface area contributed by atoms with Gasteiger partial charge in [0, 0.05) is 19.4 Å². The molecule has 0 saturated carbocycles. The quantitative estimate of drug-likeness (QED) is 0.761. The van der Waals surface area contributed by atoms with Crippen LogP contribution in [-0.4, -0.2) is 16.0 Å². The van der Waals surface area contributed by atoms with E-state index in [0.29, 0.717) is 18.1 Å². The van der Waals surface area contributed by atoms with E-state index in [4.69, 9.17) is 15.2 Å². The minimum atomic E-state index is -0.662. The molecule has 0 radical (unpaired) electrons. The molecule has 1 aromatic rings. The second kappa shape index (κ2) is 3.17. The fraction of sp³-hybridized carbons (Fsp3) is 0.333. The zero-order valence-electron chi connectivity index (χ0n) is 7.80. The molecule has 0 spiro atoms. The maximum atomic E-state index is 5.50. The van der Waals surface area contributed by atoms with E-state index in [9.17, 15) is 0 Å². The number of hydrogen-bond acceptors (Lipinski definition) is 5. The Bertz CT molecular complexity index is 340. The lowest BCUT2D eigenvalue weighted by Crippen LogP contribution is -2.31. The molecule has 0 fully saturated rings. The summed E-state index contributed by atoms with van der Waals surface area (Å²) in [4.78, 5) is 0. The molecule has 74 valence electrons. The zero-order chi connectivity index (χ0) is 10.0. The van der Waals surface area contributed by atoms with Gasteiger partial charge in [-0.2, -0.15) is 0 Å². The molecule has 14 heavy (non-hydrogen) atoms. The third-order valence-electron chi connectivity index (χ3n) is 1.88. The van der Waals surface area contributed by atoms with Crippen molar-refractivity contribution in [3.8, 4) is 5.88 Å². The minimum absolute atomic E-state index is 0.368. The highest BCUT2D eigenvalue weighted by atomic mass is 16.7. The molecule has 1 unspecified atom stereocenters. The van der Waals surface area contributed by atoms with Crippen molar-refractivity contribution in [1.82, 2.24) is 10.2 Å². The van der Waals surface area contributed by atoms with E-state index in [-0.39, 0.29) is 0 Å². The molecule has 0 aromatic carbocycles. The highest BCUT2D eigenvalue weighted by molar-refractivity contribution is 5.27. The summed E-state index contributed by atoms with van der Waals surface area (Å²) in [7, 11) is 0. The molecule has 5 heteroatoms. The van der Waals surface area contributed by atoms with Crippen molar-refractivity contribution in [2.45, 2.75) is 19.1 Å². The first kappa shape index (κ1) is 8.80. The number of rotatable bonds is 2. The van der Waals surface area contributed by atoms with Crippen molar-refractivity contribution in [3.63, 3.8) is 0 Å². The first-order chi connectivity index (χ1) is 6.68. The molecule has 1 aliphatic rings. The van der Waals surface area contributed by atoms with Gasteiger partial charge in [0.05, 0.1) is 6.26 Å². The third-order valence-corrected chi connectivity index (χ3v) is 1.88. The maximum Gasteiger partial charge on any atom is 0.252 e. The van der Waals surface area contributed by atoms with Crippen LogP contribution in [0.25, 0.3) is 0 Å². The summed E-state index contributed by atoms with van der Waals surface area (Å²) < 4.78 is 10.8. The Morgan fingerprint density at radius 2 is 2.36 bits per heavy atom. The number of nitrogen functional groups attached to an aromatic ring is 1. The van der Waals surface area contributed by atoms with E-state index < -0.39 is 5.79 Å². The summed E-state index contributed by atoms with van der Waals surface area (Å²) in [6, 6.07) is 3.29. The Morgan fingerprint density at radius 1 is 1.50 bits per heavy atom. The van der Waals surface area contributed by atoms with E-state index in [1.165, 1.54) is 0 Å². The molecule has 1 aromatic heterocycles. The summed E-state index contributed by atoms with van der Waals surface area (Å²) in [6.45, 7) is 1.84. The van der Waals surface area contributed by atoms with Crippen molar-refractivity contribution < 1.29 is 9.47 Å². The number of nitrogens with zero attached hydrogens (tertiary/aromatic N) is 2. The largest absolute Gasteiger partial charge is 0.460 e. The molecule has 2 rings (SSSR count). The van der Waals surface area contributed by atoms with E-state index in [0.717, 1.165) is 0 Å². The van der Waals surface area contributed by atoms with Gasteiger partial charge in [-0.1, -0.05) is 0 Å². The third kappa shape index (κ3) is 1.76. The molecule has 2 N–H and O–H groups in total. The van der Waals surface area contributed by atoms with E-state index in [1.54, 1.807) is 18.4 Å². The highest BCUT2D eigenvalue weighted by Gasteiger charge is 2.29. The molecule has 0 bridgehead atoms. The van der Waals surface area contributed by atoms with Gasteiger partial charge in [0.15, 0.2) is 0 Å². The summed E-state index contributed by atoms with van der Waals surface area (Å²) in [5.74, 6) is 0.114. The van der Waals surface area contributed by atoms with Gasteiger partial charge in [0.1, 0.15) is 5.82 Å². The molecule has 0 saturated heterocycles. The van der Waals surface area contributed by atoms with Crippen molar-refractivity contribution in [2.75, 3.05) is 5.73 Å². The van der Waals surface area contributed by atoms with E-state index in [2.05, 4.69) is 10.2 Å². The van der Waals surface area contributed by atoms with Crippen LogP contribution in [0.2, 0.25) is 0 Å². The Hall–Kier alpha value is -1.78. The van der Waals surface area contributed by atoms with Gasteiger partial charge in [-0.15, -0.1) is 10.2 Å². The van der Waals surface area contributed by atoms with Crippen LogP contribution in [0.3, 0.4) is 0 Å². The highest BCUT2D eigenvalue weighted by Crippen LogP contribution is 2.25. The van der Waals surface area contributed by atoms with Gasteiger partial charge in [-0.25, -0.2) is 0 Å². The van der Waals surface area contributed by atoms with Crippen LogP contribution < -0.4 is 10.5 Å².